The standard InChI is InChI=1S/C9H17NO5S2/c1-17(14,15)6-2-4-16-5-3-8(9(12)13)10-7-11/h7-8H,2-6H2,1H3,(H,10,11)(H,12,13). The maximum absolute atomic E-state index is 10.8. The normalized spacial score (nSPS) is 13.0. The van der Waals surface area contributed by atoms with Gasteiger partial charge >= 0.3 is 5.97 Å². The average Bonchev–Trinajstić information content (AvgIpc) is 2.19. The van der Waals surface area contributed by atoms with Crippen molar-refractivity contribution in [2.75, 3.05) is 23.5 Å². The lowest BCUT2D eigenvalue weighted by Crippen LogP contribution is -2.36. The number of carbonyl (C=O) groups is 2. The molecule has 0 rings (SSSR count). The Hall–Kier alpha value is -0.760. The highest BCUT2D eigenvalue weighted by molar-refractivity contribution is 7.99. The lowest BCUT2D eigenvalue weighted by molar-refractivity contribution is -0.140. The summed E-state index contributed by atoms with van der Waals surface area (Å²) in [6, 6.07) is -0.866. The van der Waals surface area contributed by atoms with Crippen LogP contribution in [0.3, 0.4) is 0 Å². The van der Waals surface area contributed by atoms with Crippen LogP contribution < -0.4 is 5.32 Å². The van der Waals surface area contributed by atoms with Gasteiger partial charge in [-0.05, 0) is 24.3 Å². The fourth-order valence-electron chi connectivity index (χ4n) is 1.09. The summed E-state index contributed by atoms with van der Waals surface area (Å²) in [6.45, 7) is 0. The number of carboxylic acids is 1. The number of hydrogen-bond donors (Lipinski definition) is 2. The van der Waals surface area contributed by atoms with Crippen molar-refractivity contribution in [3.8, 4) is 0 Å². The Labute approximate surface area is 105 Å². The van der Waals surface area contributed by atoms with E-state index in [1.807, 2.05) is 0 Å². The first-order valence-electron chi connectivity index (χ1n) is 5.05. The van der Waals surface area contributed by atoms with Crippen LogP contribution in [-0.4, -0.2) is 55.5 Å². The third-order valence-corrected chi connectivity index (χ3v) is 4.05. The third kappa shape index (κ3) is 10.1. The van der Waals surface area contributed by atoms with Gasteiger partial charge in [0.15, 0.2) is 0 Å². The zero-order valence-electron chi connectivity index (χ0n) is 9.59. The molecular formula is C9H17NO5S2. The Morgan fingerprint density at radius 1 is 1.47 bits per heavy atom. The first-order valence-corrected chi connectivity index (χ1v) is 8.26. The van der Waals surface area contributed by atoms with Gasteiger partial charge < -0.3 is 10.4 Å². The van der Waals surface area contributed by atoms with E-state index in [9.17, 15) is 18.0 Å². The molecule has 0 spiro atoms. The van der Waals surface area contributed by atoms with Gasteiger partial charge in [-0.3, -0.25) is 4.79 Å². The molecular weight excluding hydrogens is 266 g/mol. The van der Waals surface area contributed by atoms with Crippen molar-refractivity contribution in [2.45, 2.75) is 18.9 Å². The first-order chi connectivity index (χ1) is 7.87. The van der Waals surface area contributed by atoms with Crippen LogP contribution >= 0.6 is 11.8 Å². The first kappa shape index (κ1) is 16.2. The van der Waals surface area contributed by atoms with Crippen molar-refractivity contribution in [1.82, 2.24) is 5.32 Å². The second kappa shape index (κ2) is 8.35. The minimum atomic E-state index is -2.92. The molecule has 2 N–H and O–H groups in total. The number of carbonyl (C=O) groups excluding carboxylic acids is 1. The van der Waals surface area contributed by atoms with E-state index in [0.717, 1.165) is 0 Å². The molecule has 0 fully saturated rings. The molecule has 1 atom stereocenters. The maximum Gasteiger partial charge on any atom is 0.326 e. The minimum absolute atomic E-state index is 0.148. The minimum Gasteiger partial charge on any atom is -0.480 e. The molecule has 0 bridgehead atoms. The Morgan fingerprint density at radius 3 is 2.59 bits per heavy atom. The number of sulfone groups is 1. The van der Waals surface area contributed by atoms with Crippen LogP contribution in [0.15, 0.2) is 0 Å². The molecule has 0 aliphatic carbocycles. The molecule has 0 aromatic carbocycles. The highest BCUT2D eigenvalue weighted by atomic mass is 32.2. The molecule has 0 saturated heterocycles. The molecule has 0 saturated carbocycles. The van der Waals surface area contributed by atoms with Crippen LogP contribution in [0.25, 0.3) is 0 Å². The van der Waals surface area contributed by atoms with Crippen LogP contribution in [0.1, 0.15) is 12.8 Å². The van der Waals surface area contributed by atoms with Crippen LogP contribution in [-0.2, 0) is 19.4 Å². The van der Waals surface area contributed by atoms with Crippen molar-refractivity contribution < 1.29 is 23.1 Å². The van der Waals surface area contributed by atoms with E-state index >= 15 is 0 Å². The maximum atomic E-state index is 10.8. The lowest BCUT2D eigenvalue weighted by Gasteiger charge is -2.10. The third-order valence-electron chi connectivity index (χ3n) is 1.92. The Kier molecular flexibility index (Phi) is 7.98. The van der Waals surface area contributed by atoms with Gasteiger partial charge in [-0.15, -0.1) is 0 Å². The predicted molar refractivity (Wildman–Crippen MR) is 66.9 cm³/mol. The van der Waals surface area contributed by atoms with Gasteiger partial charge in [-0.25, -0.2) is 13.2 Å². The molecule has 6 nitrogen and oxygen atoms in total. The fourth-order valence-corrected chi connectivity index (χ4v) is 2.89. The largest absolute Gasteiger partial charge is 0.480 e. The van der Waals surface area contributed by atoms with E-state index in [1.165, 1.54) is 18.0 Å². The highest BCUT2D eigenvalue weighted by Gasteiger charge is 2.15. The summed E-state index contributed by atoms with van der Waals surface area (Å²) in [5, 5.41) is 10.9. The van der Waals surface area contributed by atoms with Crippen molar-refractivity contribution in [3.05, 3.63) is 0 Å². The molecule has 17 heavy (non-hydrogen) atoms. The molecule has 1 amide bonds. The number of hydrogen-bond acceptors (Lipinski definition) is 5. The molecule has 8 heteroatoms. The Bertz CT molecular complexity index is 341. The summed E-state index contributed by atoms with van der Waals surface area (Å²) < 4.78 is 21.6. The summed E-state index contributed by atoms with van der Waals surface area (Å²) in [6.07, 6.45) is 2.44. The molecule has 0 aliphatic rings. The number of aliphatic carboxylic acids is 1. The van der Waals surface area contributed by atoms with E-state index in [2.05, 4.69) is 5.32 Å². The van der Waals surface area contributed by atoms with Crippen molar-refractivity contribution in [3.63, 3.8) is 0 Å². The van der Waals surface area contributed by atoms with Crippen molar-refractivity contribution in [2.24, 2.45) is 0 Å². The summed E-state index contributed by atoms with van der Waals surface area (Å²) in [7, 11) is -2.92. The van der Waals surface area contributed by atoms with E-state index in [-0.39, 0.29) is 5.75 Å². The second-order valence-electron chi connectivity index (χ2n) is 3.56. The Morgan fingerprint density at radius 2 is 2.12 bits per heavy atom. The SMILES string of the molecule is CS(=O)(=O)CCCSCCC(NC=O)C(=O)O. The number of rotatable bonds is 10. The van der Waals surface area contributed by atoms with Crippen LogP contribution in [0.4, 0.5) is 0 Å². The van der Waals surface area contributed by atoms with E-state index < -0.39 is 21.8 Å². The fraction of sp³-hybridized carbons (Fsp3) is 0.778. The van der Waals surface area contributed by atoms with Crippen LogP contribution in [0.2, 0.25) is 0 Å². The van der Waals surface area contributed by atoms with Gasteiger partial charge in [0.1, 0.15) is 15.9 Å². The molecule has 0 heterocycles. The number of thioether (sulfide) groups is 1. The molecule has 0 radical (unpaired) electrons. The molecule has 1 unspecified atom stereocenters. The smallest absolute Gasteiger partial charge is 0.326 e. The number of carboxylic acid groups (broad SMARTS) is 1. The average molecular weight is 283 g/mol. The molecule has 100 valence electrons. The van der Waals surface area contributed by atoms with E-state index in [0.29, 0.717) is 30.8 Å². The highest BCUT2D eigenvalue weighted by Crippen LogP contribution is 2.07. The summed E-state index contributed by atoms with van der Waals surface area (Å²) in [4.78, 5) is 20.7. The zero-order chi connectivity index (χ0) is 13.3. The van der Waals surface area contributed by atoms with Crippen LogP contribution in [0.5, 0.6) is 0 Å². The zero-order valence-corrected chi connectivity index (χ0v) is 11.2. The predicted octanol–water partition coefficient (Wildman–Crippen LogP) is -0.256. The molecule has 0 aliphatic heterocycles. The summed E-state index contributed by atoms with van der Waals surface area (Å²) in [5.41, 5.74) is 0. The van der Waals surface area contributed by atoms with Gasteiger partial charge in [-0.1, -0.05) is 0 Å². The van der Waals surface area contributed by atoms with Crippen molar-refractivity contribution in [1.29, 1.82) is 0 Å². The topological polar surface area (TPSA) is 101 Å². The van der Waals surface area contributed by atoms with Crippen molar-refractivity contribution >= 4 is 34.0 Å². The molecule has 0 aromatic heterocycles. The molecule has 0 aromatic rings. The van der Waals surface area contributed by atoms with Gasteiger partial charge in [0.25, 0.3) is 0 Å². The van der Waals surface area contributed by atoms with E-state index in [1.54, 1.807) is 0 Å². The van der Waals surface area contributed by atoms with Gasteiger partial charge in [-0.2, -0.15) is 11.8 Å². The van der Waals surface area contributed by atoms with Gasteiger partial charge in [0.05, 0.1) is 5.75 Å². The number of amides is 1. The van der Waals surface area contributed by atoms with Gasteiger partial charge in [0, 0.05) is 6.26 Å². The van der Waals surface area contributed by atoms with Crippen LogP contribution in [0, 0.1) is 0 Å². The van der Waals surface area contributed by atoms with E-state index in [4.69, 9.17) is 5.11 Å². The summed E-state index contributed by atoms with van der Waals surface area (Å²) >= 11 is 1.48. The van der Waals surface area contributed by atoms with Gasteiger partial charge in [0.2, 0.25) is 6.41 Å². The summed E-state index contributed by atoms with van der Waals surface area (Å²) in [5.74, 6) is 0.325. The quantitative estimate of drug-likeness (QED) is 0.423. The Balaban J connectivity index is 3.62. The monoisotopic (exact) mass is 283 g/mol. The lowest BCUT2D eigenvalue weighted by atomic mass is 10.2. The number of nitrogens with one attached hydrogen (secondary N) is 1. The second-order valence-corrected chi connectivity index (χ2v) is 7.04.